The molecule has 0 aromatic heterocycles. The Hall–Kier alpha value is -1.35. The molecular weight excluding hydrogens is 236 g/mol. The molecule has 1 aromatic carbocycles. The fourth-order valence-electron chi connectivity index (χ4n) is 2.89. The van der Waals surface area contributed by atoms with E-state index in [4.69, 9.17) is 0 Å². The number of carbonyl (C=O) groups is 1. The topological polar surface area (TPSA) is 32.3 Å². The summed E-state index contributed by atoms with van der Waals surface area (Å²) in [6, 6.07) is 9.01. The van der Waals surface area contributed by atoms with Gasteiger partial charge in [0.15, 0.2) is 0 Å². The number of aryl methyl sites for hydroxylation is 1. The second-order valence-electron chi connectivity index (χ2n) is 5.80. The highest BCUT2D eigenvalue weighted by atomic mass is 16.2. The third kappa shape index (κ3) is 2.39. The van der Waals surface area contributed by atoms with Gasteiger partial charge >= 0.3 is 0 Å². The van der Waals surface area contributed by atoms with Gasteiger partial charge in [-0.3, -0.25) is 10.1 Å². The maximum Gasteiger partial charge on any atom is 0.241 e. The van der Waals surface area contributed by atoms with Crippen LogP contribution in [0, 0.1) is 6.92 Å². The first-order chi connectivity index (χ1) is 9.20. The maximum atomic E-state index is 12.5. The van der Waals surface area contributed by atoms with Crippen molar-refractivity contribution >= 4 is 5.91 Å². The van der Waals surface area contributed by atoms with Gasteiger partial charge in [0.1, 0.15) is 6.17 Å². The van der Waals surface area contributed by atoms with E-state index in [0.717, 1.165) is 25.7 Å². The minimum Gasteiger partial charge on any atom is -0.319 e. The lowest BCUT2D eigenvalue weighted by molar-refractivity contribution is -0.130. The number of carbonyl (C=O) groups excluding carboxylic acids is 1. The molecule has 0 spiro atoms. The van der Waals surface area contributed by atoms with Gasteiger partial charge in [-0.2, -0.15) is 0 Å². The number of hydrogen-bond donors (Lipinski definition) is 1. The highest BCUT2D eigenvalue weighted by molar-refractivity contribution is 5.85. The average molecular weight is 258 g/mol. The second kappa shape index (κ2) is 4.97. The molecule has 3 rings (SSSR count). The highest BCUT2D eigenvalue weighted by Gasteiger charge is 2.46. The van der Waals surface area contributed by atoms with Gasteiger partial charge in [-0.05, 0) is 31.7 Å². The van der Waals surface area contributed by atoms with Crippen LogP contribution in [0.15, 0.2) is 24.3 Å². The Morgan fingerprint density at radius 1 is 1.26 bits per heavy atom. The number of hydrogen-bond acceptors (Lipinski definition) is 2. The molecule has 2 fully saturated rings. The third-order valence-electron chi connectivity index (χ3n) is 4.10. The first-order valence-electron chi connectivity index (χ1n) is 7.35. The van der Waals surface area contributed by atoms with Crippen molar-refractivity contribution < 1.29 is 4.79 Å². The van der Waals surface area contributed by atoms with E-state index in [1.807, 2.05) is 0 Å². The number of rotatable bonds is 4. The van der Waals surface area contributed by atoms with E-state index in [9.17, 15) is 4.79 Å². The number of nitrogens with zero attached hydrogens (tertiary/aromatic N) is 1. The molecule has 0 radical (unpaired) electrons. The molecular formula is C16H22N2O. The van der Waals surface area contributed by atoms with Crippen molar-refractivity contribution in [2.45, 2.75) is 57.8 Å². The summed E-state index contributed by atoms with van der Waals surface area (Å²) in [4.78, 5) is 14.6. The summed E-state index contributed by atoms with van der Waals surface area (Å²) in [7, 11) is 0. The Morgan fingerprint density at radius 3 is 2.53 bits per heavy atom. The fraction of sp³-hybridized carbons (Fsp3) is 0.562. The molecule has 0 bridgehead atoms. The van der Waals surface area contributed by atoms with E-state index < -0.39 is 0 Å². The van der Waals surface area contributed by atoms with Crippen molar-refractivity contribution in [3.63, 3.8) is 0 Å². The van der Waals surface area contributed by atoms with Gasteiger partial charge < -0.3 is 4.90 Å². The summed E-state index contributed by atoms with van der Waals surface area (Å²) < 4.78 is 0. The van der Waals surface area contributed by atoms with Gasteiger partial charge in [0, 0.05) is 6.04 Å². The van der Waals surface area contributed by atoms with Crippen LogP contribution in [0.2, 0.25) is 0 Å². The molecule has 1 saturated carbocycles. The van der Waals surface area contributed by atoms with Gasteiger partial charge in [0.05, 0.1) is 6.04 Å². The van der Waals surface area contributed by atoms with Gasteiger partial charge in [-0.15, -0.1) is 0 Å². The minimum atomic E-state index is 0.0110. The van der Waals surface area contributed by atoms with Crippen LogP contribution in [0.4, 0.5) is 0 Å². The predicted molar refractivity (Wildman–Crippen MR) is 75.6 cm³/mol. The zero-order valence-electron chi connectivity index (χ0n) is 11.7. The van der Waals surface area contributed by atoms with Crippen molar-refractivity contribution in [2.75, 3.05) is 0 Å². The van der Waals surface area contributed by atoms with Crippen molar-refractivity contribution in [1.29, 1.82) is 0 Å². The van der Waals surface area contributed by atoms with E-state index in [1.54, 1.807) is 0 Å². The highest BCUT2D eigenvalue weighted by Crippen LogP contribution is 2.37. The molecule has 1 aliphatic heterocycles. The third-order valence-corrected chi connectivity index (χ3v) is 4.10. The zero-order valence-corrected chi connectivity index (χ0v) is 11.7. The van der Waals surface area contributed by atoms with E-state index >= 15 is 0 Å². The predicted octanol–water partition coefficient (Wildman–Crippen LogP) is 2.76. The van der Waals surface area contributed by atoms with Crippen LogP contribution >= 0.6 is 0 Å². The molecule has 1 aromatic rings. The molecule has 1 saturated heterocycles. The molecule has 19 heavy (non-hydrogen) atoms. The van der Waals surface area contributed by atoms with Gasteiger partial charge in [-0.1, -0.05) is 43.2 Å². The summed E-state index contributed by atoms with van der Waals surface area (Å²) in [5, 5.41) is 3.53. The van der Waals surface area contributed by atoms with Crippen molar-refractivity contribution in [2.24, 2.45) is 0 Å². The van der Waals surface area contributed by atoms with Crippen LogP contribution in [0.5, 0.6) is 0 Å². The van der Waals surface area contributed by atoms with Gasteiger partial charge in [0.2, 0.25) is 5.91 Å². The lowest BCUT2D eigenvalue weighted by Gasteiger charge is -2.24. The van der Waals surface area contributed by atoms with E-state index in [-0.39, 0.29) is 12.2 Å². The van der Waals surface area contributed by atoms with Crippen LogP contribution in [-0.4, -0.2) is 22.9 Å². The van der Waals surface area contributed by atoms with Crippen molar-refractivity contribution in [3.8, 4) is 0 Å². The summed E-state index contributed by atoms with van der Waals surface area (Å²) in [6.45, 7) is 4.23. The van der Waals surface area contributed by atoms with Gasteiger partial charge in [0.25, 0.3) is 0 Å². The second-order valence-corrected chi connectivity index (χ2v) is 5.80. The molecule has 2 unspecified atom stereocenters. The Balaban J connectivity index is 1.86. The summed E-state index contributed by atoms with van der Waals surface area (Å²) >= 11 is 0. The number of nitrogens with one attached hydrogen (secondary N) is 1. The quantitative estimate of drug-likeness (QED) is 0.900. The molecule has 1 heterocycles. The molecule has 1 amide bonds. The first-order valence-corrected chi connectivity index (χ1v) is 7.35. The Bertz CT molecular complexity index is 464. The molecule has 102 valence electrons. The maximum absolute atomic E-state index is 12.5. The van der Waals surface area contributed by atoms with Crippen LogP contribution in [-0.2, 0) is 4.79 Å². The fourth-order valence-corrected chi connectivity index (χ4v) is 2.89. The Morgan fingerprint density at radius 2 is 1.95 bits per heavy atom. The number of benzene rings is 1. The monoisotopic (exact) mass is 258 g/mol. The van der Waals surface area contributed by atoms with Crippen LogP contribution < -0.4 is 5.32 Å². The van der Waals surface area contributed by atoms with Crippen molar-refractivity contribution in [3.05, 3.63) is 35.4 Å². The summed E-state index contributed by atoms with van der Waals surface area (Å²) in [6.07, 6.45) is 4.38. The zero-order chi connectivity index (χ0) is 13.4. The van der Waals surface area contributed by atoms with E-state index in [0.29, 0.717) is 11.9 Å². The van der Waals surface area contributed by atoms with Crippen LogP contribution in [0.3, 0.4) is 0 Å². The molecule has 3 nitrogen and oxygen atoms in total. The van der Waals surface area contributed by atoms with E-state index in [1.165, 1.54) is 11.1 Å². The minimum absolute atomic E-state index is 0.0110. The largest absolute Gasteiger partial charge is 0.319 e. The van der Waals surface area contributed by atoms with E-state index in [2.05, 4.69) is 48.3 Å². The average Bonchev–Trinajstić information content (AvgIpc) is 3.18. The van der Waals surface area contributed by atoms with Crippen LogP contribution in [0.1, 0.15) is 49.9 Å². The standard InChI is InChI=1S/C16H22N2O/c1-3-4-14-16(19)18(13-9-10-13)15(17-14)12-7-5-11(2)6-8-12/h5-8,13-15,17H,3-4,9-10H2,1-2H3. The van der Waals surface area contributed by atoms with Crippen molar-refractivity contribution in [1.82, 2.24) is 10.2 Å². The molecule has 1 N–H and O–H groups in total. The number of amides is 1. The van der Waals surface area contributed by atoms with Crippen LogP contribution in [0.25, 0.3) is 0 Å². The Labute approximate surface area is 115 Å². The molecule has 2 atom stereocenters. The lowest BCUT2D eigenvalue weighted by atomic mass is 10.1. The smallest absolute Gasteiger partial charge is 0.241 e. The first kappa shape index (κ1) is 12.7. The SMILES string of the molecule is CCCC1NC(c2ccc(C)cc2)N(C2CC2)C1=O. The summed E-state index contributed by atoms with van der Waals surface area (Å²) in [5.41, 5.74) is 2.47. The summed E-state index contributed by atoms with van der Waals surface area (Å²) in [5.74, 6) is 0.301. The van der Waals surface area contributed by atoms with Gasteiger partial charge in [-0.25, -0.2) is 0 Å². The molecule has 3 heteroatoms. The molecule has 2 aliphatic rings. The lowest BCUT2D eigenvalue weighted by Crippen LogP contribution is -2.33. The molecule has 1 aliphatic carbocycles. The Kier molecular flexibility index (Phi) is 3.31. The normalized spacial score (nSPS) is 27.1.